The minimum Gasteiger partial charge on any atom is -0.497 e. The predicted molar refractivity (Wildman–Crippen MR) is 120 cm³/mol. The zero-order valence-corrected chi connectivity index (χ0v) is 17.6. The quantitative estimate of drug-likeness (QED) is 0.590. The Kier molecular flexibility index (Phi) is 6.17. The van der Waals surface area contributed by atoms with Crippen LogP contribution >= 0.6 is 0 Å². The highest BCUT2D eigenvalue weighted by molar-refractivity contribution is 6.35. The molecule has 4 rings (SSSR count). The summed E-state index contributed by atoms with van der Waals surface area (Å²) in [6.07, 6.45) is 0. The van der Waals surface area contributed by atoms with Crippen LogP contribution in [0.3, 0.4) is 0 Å². The van der Waals surface area contributed by atoms with Crippen LogP contribution in [0, 0.1) is 0 Å². The van der Waals surface area contributed by atoms with E-state index in [1.54, 1.807) is 48.4 Å². The smallest absolute Gasteiger partial charge is 0.310 e. The highest BCUT2D eigenvalue weighted by Crippen LogP contribution is 2.36. The molecule has 0 aromatic heterocycles. The van der Waals surface area contributed by atoms with Gasteiger partial charge in [-0.3, -0.25) is 14.4 Å². The van der Waals surface area contributed by atoms with Gasteiger partial charge in [0.15, 0.2) is 0 Å². The van der Waals surface area contributed by atoms with Crippen LogP contribution in [-0.4, -0.2) is 24.8 Å². The Morgan fingerprint density at radius 1 is 0.875 bits per heavy atom. The summed E-state index contributed by atoms with van der Waals surface area (Å²) in [6.45, 7) is 0.568. The molecule has 0 bridgehead atoms. The van der Waals surface area contributed by atoms with Gasteiger partial charge in [0.05, 0.1) is 13.7 Å². The van der Waals surface area contributed by atoms with Crippen molar-refractivity contribution in [2.75, 3.05) is 12.0 Å². The molecule has 0 saturated carbocycles. The van der Waals surface area contributed by atoms with Gasteiger partial charge in [-0.05, 0) is 29.3 Å². The summed E-state index contributed by atoms with van der Waals surface area (Å²) in [4.78, 5) is 39.6. The summed E-state index contributed by atoms with van der Waals surface area (Å²) in [7, 11) is 1.57. The topological polar surface area (TPSA) is 87.7 Å². The number of amides is 3. The predicted octanol–water partition coefficient (Wildman–Crippen LogP) is 2.72. The van der Waals surface area contributed by atoms with Crippen molar-refractivity contribution < 1.29 is 19.1 Å². The molecular weight excluding hydrogens is 406 g/mol. The van der Waals surface area contributed by atoms with E-state index >= 15 is 0 Å². The fraction of sp³-hybridized carbons (Fsp3) is 0.160. The van der Waals surface area contributed by atoms with Crippen LogP contribution in [0.25, 0.3) is 0 Å². The molecule has 0 aliphatic carbocycles. The first-order valence-corrected chi connectivity index (χ1v) is 10.2. The normalized spacial score (nSPS) is 14.6. The standard InChI is InChI=1S/C25H23N3O4/c1-32-19-13-11-17(12-14-19)15-26-23(29)24(30)27-22-20-9-5-6-10-21(20)28(25(22)31)16-18-7-3-2-4-8-18/h2-14,22H,15-16H2,1H3,(H,26,29)(H,27,30)/t22-/m0/s1. The van der Waals surface area contributed by atoms with E-state index < -0.39 is 17.9 Å². The van der Waals surface area contributed by atoms with Crippen LogP contribution in [0.1, 0.15) is 22.7 Å². The fourth-order valence-corrected chi connectivity index (χ4v) is 3.66. The molecule has 3 aromatic carbocycles. The zero-order chi connectivity index (χ0) is 22.5. The molecule has 3 aromatic rings. The first-order valence-electron chi connectivity index (χ1n) is 10.2. The lowest BCUT2D eigenvalue weighted by atomic mass is 10.1. The average molecular weight is 429 g/mol. The summed E-state index contributed by atoms with van der Waals surface area (Å²) in [5.74, 6) is -1.22. The van der Waals surface area contributed by atoms with Crippen LogP contribution in [0.2, 0.25) is 0 Å². The maximum absolute atomic E-state index is 13.1. The molecule has 0 radical (unpaired) electrons. The van der Waals surface area contributed by atoms with Crippen molar-refractivity contribution in [1.82, 2.24) is 10.6 Å². The molecule has 1 heterocycles. The van der Waals surface area contributed by atoms with E-state index in [1.165, 1.54) is 0 Å². The first-order chi connectivity index (χ1) is 15.6. The molecule has 7 nitrogen and oxygen atoms in total. The molecule has 1 aliphatic heterocycles. The van der Waals surface area contributed by atoms with Crippen molar-refractivity contribution in [2.24, 2.45) is 0 Å². The number of methoxy groups -OCH3 is 1. The fourth-order valence-electron chi connectivity index (χ4n) is 3.66. The lowest BCUT2D eigenvalue weighted by molar-refractivity contribution is -0.140. The summed E-state index contributed by atoms with van der Waals surface area (Å²) in [5, 5.41) is 5.18. The number of rotatable bonds is 6. The summed E-state index contributed by atoms with van der Waals surface area (Å²) in [5.41, 5.74) is 3.19. The Morgan fingerprint density at radius 3 is 2.28 bits per heavy atom. The van der Waals surface area contributed by atoms with E-state index in [4.69, 9.17) is 4.74 Å². The van der Waals surface area contributed by atoms with Gasteiger partial charge < -0.3 is 20.3 Å². The largest absolute Gasteiger partial charge is 0.497 e. The Labute approximate surface area is 186 Å². The monoisotopic (exact) mass is 429 g/mol. The number of para-hydroxylation sites is 1. The first kappa shape index (κ1) is 21.1. The molecule has 2 N–H and O–H groups in total. The van der Waals surface area contributed by atoms with Crippen LogP contribution in [0.5, 0.6) is 5.75 Å². The van der Waals surface area contributed by atoms with Crippen LogP contribution in [-0.2, 0) is 27.5 Å². The van der Waals surface area contributed by atoms with Gasteiger partial charge in [0.2, 0.25) is 0 Å². The van der Waals surface area contributed by atoms with Gasteiger partial charge in [-0.15, -0.1) is 0 Å². The van der Waals surface area contributed by atoms with Crippen LogP contribution < -0.4 is 20.3 Å². The number of anilines is 1. The Hall–Kier alpha value is -4.13. The third kappa shape index (κ3) is 4.46. The van der Waals surface area contributed by atoms with Crippen LogP contribution in [0.4, 0.5) is 5.69 Å². The van der Waals surface area contributed by atoms with E-state index in [0.29, 0.717) is 17.9 Å². The maximum Gasteiger partial charge on any atom is 0.310 e. The molecule has 162 valence electrons. The molecule has 0 fully saturated rings. The number of benzene rings is 3. The lowest BCUT2D eigenvalue weighted by Gasteiger charge is -2.18. The molecule has 7 heteroatoms. The summed E-state index contributed by atoms with van der Waals surface area (Å²) >= 11 is 0. The van der Waals surface area contributed by atoms with E-state index in [1.807, 2.05) is 42.5 Å². The average Bonchev–Trinajstić information content (AvgIpc) is 3.09. The van der Waals surface area contributed by atoms with E-state index in [0.717, 1.165) is 16.8 Å². The third-order valence-corrected chi connectivity index (χ3v) is 5.33. The minimum atomic E-state index is -0.908. The van der Waals surface area contributed by atoms with E-state index in [-0.39, 0.29) is 12.5 Å². The van der Waals surface area contributed by atoms with E-state index in [9.17, 15) is 14.4 Å². The summed E-state index contributed by atoms with van der Waals surface area (Å²) in [6, 6.07) is 23.1. The lowest BCUT2D eigenvalue weighted by Crippen LogP contribution is -2.44. The molecule has 0 saturated heterocycles. The number of carbonyl (C=O) groups excluding carboxylic acids is 3. The highest BCUT2D eigenvalue weighted by Gasteiger charge is 2.38. The number of ether oxygens (including phenoxy) is 1. The van der Waals surface area contributed by atoms with Gasteiger partial charge >= 0.3 is 11.8 Å². The number of nitrogens with zero attached hydrogens (tertiary/aromatic N) is 1. The van der Waals surface area contributed by atoms with Gasteiger partial charge in [0, 0.05) is 17.8 Å². The molecule has 32 heavy (non-hydrogen) atoms. The van der Waals surface area contributed by atoms with Crippen molar-refractivity contribution in [3.05, 3.63) is 95.6 Å². The SMILES string of the molecule is COc1ccc(CNC(=O)C(=O)N[C@@H]2C(=O)N(Cc3ccccc3)c3ccccc32)cc1. The Balaban J connectivity index is 1.42. The van der Waals surface area contributed by atoms with Crippen molar-refractivity contribution in [2.45, 2.75) is 19.1 Å². The Bertz CT molecular complexity index is 1130. The molecule has 1 atom stereocenters. The highest BCUT2D eigenvalue weighted by atomic mass is 16.5. The van der Waals surface area contributed by atoms with Gasteiger partial charge in [-0.2, -0.15) is 0 Å². The molecule has 3 amide bonds. The van der Waals surface area contributed by atoms with E-state index in [2.05, 4.69) is 10.6 Å². The molecule has 1 aliphatic rings. The number of fused-ring (bicyclic) bond motifs is 1. The summed E-state index contributed by atoms with van der Waals surface area (Å²) < 4.78 is 5.10. The van der Waals surface area contributed by atoms with Crippen molar-refractivity contribution in [3.63, 3.8) is 0 Å². The van der Waals surface area contributed by atoms with Gasteiger partial charge in [0.25, 0.3) is 5.91 Å². The van der Waals surface area contributed by atoms with Gasteiger partial charge in [-0.25, -0.2) is 0 Å². The van der Waals surface area contributed by atoms with Gasteiger partial charge in [-0.1, -0.05) is 60.7 Å². The van der Waals surface area contributed by atoms with Crippen molar-refractivity contribution >= 4 is 23.4 Å². The number of carbonyl (C=O) groups is 3. The number of hydrogen-bond donors (Lipinski definition) is 2. The second-order valence-corrected chi connectivity index (χ2v) is 7.41. The van der Waals surface area contributed by atoms with Crippen molar-refractivity contribution in [1.29, 1.82) is 0 Å². The second kappa shape index (κ2) is 9.34. The van der Waals surface area contributed by atoms with Crippen LogP contribution in [0.15, 0.2) is 78.9 Å². The zero-order valence-electron chi connectivity index (χ0n) is 17.6. The van der Waals surface area contributed by atoms with Gasteiger partial charge in [0.1, 0.15) is 11.8 Å². The maximum atomic E-state index is 13.1. The second-order valence-electron chi connectivity index (χ2n) is 7.41. The minimum absolute atomic E-state index is 0.186. The third-order valence-electron chi connectivity index (χ3n) is 5.33. The Morgan fingerprint density at radius 2 is 1.56 bits per heavy atom. The molecule has 0 spiro atoms. The molecular formula is C25H23N3O4. The number of hydrogen-bond acceptors (Lipinski definition) is 4. The molecule has 0 unspecified atom stereocenters. The number of nitrogens with one attached hydrogen (secondary N) is 2. The van der Waals surface area contributed by atoms with Crippen molar-refractivity contribution in [3.8, 4) is 5.75 Å².